The molecule has 5 nitrogen and oxygen atoms in total. The van der Waals surface area contributed by atoms with E-state index in [1.165, 1.54) is 11.1 Å². The van der Waals surface area contributed by atoms with Gasteiger partial charge in [0.2, 0.25) is 5.95 Å². The Morgan fingerprint density at radius 1 is 1.04 bits per heavy atom. The molecule has 2 N–H and O–H groups in total. The Balaban J connectivity index is 1.74. The van der Waals surface area contributed by atoms with E-state index >= 15 is 0 Å². The van der Waals surface area contributed by atoms with Crippen LogP contribution < -0.4 is 15.4 Å². The Labute approximate surface area is 148 Å². The summed E-state index contributed by atoms with van der Waals surface area (Å²) in [5, 5.41) is 6.57. The molecular weight excluding hydrogens is 312 g/mol. The highest BCUT2D eigenvalue weighted by Gasteiger charge is 2.06. The molecule has 0 atom stereocenters. The maximum atomic E-state index is 5.39. The third kappa shape index (κ3) is 4.26. The Morgan fingerprint density at radius 3 is 2.68 bits per heavy atom. The molecule has 0 saturated carbocycles. The monoisotopic (exact) mass is 334 g/mol. The van der Waals surface area contributed by atoms with E-state index in [2.05, 4.69) is 39.7 Å². The highest BCUT2D eigenvalue weighted by molar-refractivity contribution is 5.64. The number of hydrogen-bond donors (Lipinski definition) is 2. The number of rotatable bonds is 6. The van der Waals surface area contributed by atoms with Gasteiger partial charge in [0.25, 0.3) is 0 Å². The minimum Gasteiger partial charge on any atom is -0.495 e. The Hall–Kier alpha value is -3.08. The number of ether oxygens (including phenoxy) is 1. The molecule has 1 aromatic heterocycles. The maximum Gasteiger partial charge on any atom is 0.229 e. The van der Waals surface area contributed by atoms with Gasteiger partial charge in [-0.15, -0.1) is 0 Å². The number of nitrogens with one attached hydrogen (secondary N) is 2. The van der Waals surface area contributed by atoms with E-state index in [1.54, 1.807) is 13.3 Å². The number of anilines is 3. The van der Waals surface area contributed by atoms with Gasteiger partial charge in [0, 0.05) is 12.7 Å². The van der Waals surface area contributed by atoms with Crippen LogP contribution in [-0.4, -0.2) is 17.1 Å². The fourth-order valence-electron chi connectivity index (χ4n) is 2.55. The molecule has 0 radical (unpaired) electrons. The second-order valence-electron chi connectivity index (χ2n) is 5.87. The van der Waals surface area contributed by atoms with Crippen LogP contribution in [0.2, 0.25) is 0 Å². The molecular formula is C20H22N4O. The lowest BCUT2D eigenvalue weighted by atomic mass is 10.1. The van der Waals surface area contributed by atoms with Gasteiger partial charge in [-0.25, -0.2) is 4.98 Å². The molecule has 128 valence electrons. The van der Waals surface area contributed by atoms with Gasteiger partial charge >= 0.3 is 0 Å². The molecule has 5 heteroatoms. The highest BCUT2D eigenvalue weighted by atomic mass is 16.5. The van der Waals surface area contributed by atoms with Gasteiger partial charge in [0.1, 0.15) is 11.6 Å². The fourth-order valence-corrected chi connectivity index (χ4v) is 2.55. The van der Waals surface area contributed by atoms with Crippen LogP contribution in [0.5, 0.6) is 5.75 Å². The van der Waals surface area contributed by atoms with Crippen LogP contribution in [0.15, 0.2) is 54.7 Å². The van der Waals surface area contributed by atoms with Crippen LogP contribution >= 0.6 is 0 Å². The Morgan fingerprint density at radius 2 is 1.88 bits per heavy atom. The van der Waals surface area contributed by atoms with Crippen molar-refractivity contribution in [2.45, 2.75) is 20.4 Å². The molecule has 0 amide bonds. The minimum absolute atomic E-state index is 0.527. The van der Waals surface area contributed by atoms with Crippen molar-refractivity contribution in [1.29, 1.82) is 0 Å². The Bertz CT molecular complexity index is 864. The number of benzene rings is 2. The molecule has 0 unspecified atom stereocenters. The molecule has 0 saturated heterocycles. The molecule has 2 aromatic carbocycles. The summed E-state index contributed by atoms with van der Waals surface area (Å²) in [6.07, 6.45) is 1.73. The van der Waals surface area contributed by atoms with Crippen molar-refractivity contribution < 1.29 is 4.74 Å². The topological polar surface area (TPSA) is 59.1 Å². The summed E-state index contributed by atoms with van der Waals surface area (Å²) >= 11 is 0. The van der Waals surface area contributed by atoms with Gasteiger partial charge in [-0.05, 0) is 48.7 Å². The average Bonchev–Trinajstić information content (AvgIpc) is 2.62. The zero-order valence-electron chi connectivity index (χ0n) is 14.7. The SMILES string of the molecule is COc1ccc(C)cc1Nc1nccc(NCc2ccccc2C)n1. The van der Waals surface area contributed by atoms with Crippen molar-refractivity contribution in [2.75, 3.05) is 17.7 Å². The second-order valence-corrected chi connectivity index (χ2v) is 5.87. The largest absolute Gasteiger partial charge is 0.495 e. The fraction of sp³-hybridized carbons (Fsp3) is 0.200. The summed E-state index contributed by atoms with van der Waals surface area (Å²) in [6.45, 7) is 4.86. The first kappa shape index (κ1) is 16.8. The van der Waals surface area contributed by atoms with Gasteiger partial charge in [-0.1, -0.05) is 30.3 Å². The molecule has 1 heterocycles. The molecule has 0 aliphatic rings. The predicted molar refractivity (Wildman–Crippen MR) is 102 cm³/mol. The van der Waals surface area contributed by atoms with Gasteiger partial charge in [-0.2, -0.15) is 4.98 Å². The van der Waals surface area contributed by atoms with Gasteiger partial charge in [0.15, 0.2) is 0 Å². The lowest BCUT2D eigenvalue weighted by molar-refractivity contribution is 0.416. The predicted octanol–water partition coefficient (Wildman–Crippen LogP) is 4.46. The van der Waals surface area contributed by atoms with Gasteiger partial charge in [0.05, 0.1) is 12.8 Å². The minimum atomic E-state index is 0.527. The van der Waals surface area contributed by atoms with Crippen molar-refractivity contribution in [1.82, 2.24) is 9.97 Å². The molecule has 0 aliphatic heterocycles. The molecule has 0 aliphatic carbocycles. The third-order valence-corrected chi connectivity index (χ3v) is 3.98. The van der Waals surface area contributed by atoms with Crippen LogP contribution in [0.4, 0.5) is 17.5 Å². The lowest BCUT2D eigenvalue weighted by Gasteiger charge is -2.12. The summed E-state index contributed by atoms with van der Waals surface area (Å²) in [7, 11) is 1.65. The van der Waals surface area contributed by atoms with E-state index in [0.717, 1.165) is 29.4 Å². The van der Waals surface area contributed by atoms with Crippen LogP contribution in [0.1, 0.15) is 16.7 Å². The summed E-state index contributed by atoms with van der Waals surface area (Å²) in [5.41, 5.74) is 4.48. The molecule has 3 rings (SSSR count). The summed E-state index contributed by atoms with van der Waals surface area (Å²) in [5.74, 6) is 2.05. The Kier molecular flexibility index (Phi) is 5.14. The van der Waals surface area contributed by atoms with E-state index in [9.17, 15) is 0 Å². The van der Waals surface area contributed by atoms with Crippen LogP contribution in [0.25, 0.3) is 0 Å². The van der Waals surface area contributed by atoms with Gasteiger partial charge in [-0.3, -0.25) is 0 Å². The summed E-state index contributed by atoms with van der Waals surface area (Å²) in [6, 6.07) is 16.1. The standard InChI is InChI=1S/C20H22N4O/c1-14-8-9-18(25-3)17(12-14)23-20-21-11-10-19(24-20)22-13-16-7-5-4-6-15(16)2/h4-12H,13H2,1-3H3,(H2,21,22,23,24). The van der Waals surface area contributed by atoms with Crippen molar-refractivity contribution in [3.8, 4) is 5.75 Å². The molecule has 0 bridgehead atoms. The number of aryl methyl sites for hydroxylation is 2. The van der Waals surface area contributed by atoms with Crippen LogP contribution in [-0.2, 0) is 6.54 Å². The lowest BCUT2D eigenvalue weighted by Crippen LogP contribution is -2.05. The van der Waals surface area contributed by atoms with E-state index in [-0.39, 0.29) is 0 Å². The van der Waals surface area contributed by atoms with Crippen LogP contribution in [0.3, 0.4) is 0 Å². The van der Waals surface area contributed by atoms with Crippen molar-refractivity contribution in [2.24, 2.45) is 0 Å². The van der Waals surface area contributed by atoms with E-state index in [4.69, 9.17) is 4.74 Å². The number of aromatic nitrogens is 2. The van der Waals surface area contributed by atoms with E-state index in [0.29, 0.717) is 5.95 Å². The maximum absolute atomic E-state index is 5.39. The van der Waals surface area contributed by atoms with Crippen molar-refractivity contribution in [3.63, 3.8) is 0 Å². The van der Waals surface area contributed by atoms with Crippen molar-refractivity contribution in [3.05, 3.63) is 71.4 Å². The molecule has 3 aromatic rings. The molecule has 25 heavy (non-hydrogen) atoms. The third-order valence-electron chi connectivity index (χ3n) is 3.98. The average molecular weight is 334 g/mol. The first-order chi connectivity index (χ1) is 12.2. The van der Waals surface area contributed by atoms with E-state index in [1.807, 2.05) is 43.3 Å². The van der Waals surface area contributed by atoms with Crippen molar-refractivity contribution >= 4 is 17.5 Å². The number of hydrogen-bond acceptors (Lipinski definition) is 5. The zero-order valence-corrected chi connectivity index (χ0v) is 14.7. The smallest absolute Gasteiger partial charge is 0.229 e. The summed E-state index contributed by atoms with van der Waals surface area (Å²) in [4.78, 5) is 8.82. The zero-order chi connectivity index (χ0) is 17.6. The quantitative estimate of drug-likeness (QED) is 0.697. The van der Waals surface area contributed by atoms with E-state index < -0.39 is 0 Å². The first-order valence-corrected chi connectivity index (χ1v) is 8.19. The van der Waals surface area contributed by atoms with Gasteiger partial charge < -0.3 is 15.4 Å². The number of nitrogens with zero attached hydrogens (tertiary/aromatic N) is 2. The molecule has 0 fully saturated rings. The molecule has 0 spiro atoms. The summed E-state index contributed by atoms with van der Waals surface area (Å²) < 4.78 is 5.39. The highest BCUT2D eigenvalue weighted by Crippen LogP contribution is 2.27. The normalized spacial score (nSPS) is 10.4. The van der Waals surface area contributed by atoms with Crippen LogP contribution in [0, 0.1) is 13.8 Å². The second kappa shape index (κ2) is 7.66. The number of methoxy groups -OCH3 is 1. The first-order valence-electron chi connectivity index (χ1n) is 8.19.